The van der Waals surface area contributed by atoms with Crippen LogP contribution >= 0.6 is 0 Å². The molecule has 0 aliphatic carbocycles. The fraction of sp³-hybridized carbons (Fsp3) is 0.716. The van der Waals surface area contributed by atoms with Gasteiger partial charge in [0.05, 0.1) is 0 Å². The van der Waals surface area contributed by atoms with Gasteiger partial charge in [0.2, 0.25) is 0 Å². The molecule has 0 aromatic heterocycles. The molecule has 0 radical (unpaired) electrons. The van der Waals surface area contributed by atoms with Crippen LogP contribution in [-0.2, 0) is 28.6 Å². The zero-order valence-electron chi connectivity index (χ0n) is 52.6. The number of unbranched alkanes of at least 4 members (excludes halogenated alkanes) is 32. The Kier molecular flexibility index (Phi) is 64.3. The molecule has 0 amide bonds. The highest BCUT2D eigenvalue weighted by Gasteiger charge is 2.19. The first-order valence-corrected chi connectivity index (χ1v) is 33.9. The highest BCUT2D eigenvalue weighted by atomic mass is 16.6. The molecule has 0 N–H and O–H groups in total. The van der Waals surface area contributed by atoms with E-state index < -0.39 is 6.10 Å². The highest BCUT2D eigenvalue weighted by molar-refractivity contribution is 5.71. The number of carbonyl (C=O) groups is 3. The Morgan fingerprint density at radius 1 is 0.263 bits per heavy atom. The van der Waals surface area contributed by atoms with Gasteiger partial charge in [-0.3, -0.25) is 14.4 Å². The minimum Gasteiger partial charge on any atom is -0.462 e. The zero-order valence-corrected chi connectivity index (χ0v) is 52.6. The van der Waals surface area contributed by atoms with E-state index in [4.69, 9.17) is 14.2 Å². The summed E-state index contributed by atoms with van der Waals surface area (Å²) in [5.41, 5.74) is 0. The number of rotatable bonds is 61. The third-order valence-electron chi connectivity index (χ3n) is 14.5. The summed E-state index contributed by atoms with van der Waals surface area (Å²) in [4.78, 5) is 38.3. The van der Waals surface area contributed by atoms with E-state index in [9.17, 15) is 14.4 Å². The molecule has 6 heteroatoms. The fourth-order valence-corrected chi connectivity index (χ4v) is 9.55. The van der Waals surface area contributed by atoms with Gasteiger partial charge in [0, 0.05) is 19.3 Å². The van der Waals surface area contributed by atoms with Crippen LogP contribution in [0.25, 0.3) is 0 Å². The van der Waals surface area contributed by atoms with Crippen molar-refractivity contribution in [1.82, 2.24) is 0 Å². The van der Waals surface area contributed by atoms with E-state index in [0.717, 1.165) is 96.3 Å². The third kappa shape index (κ3) is 64.9. The predicted molar refractivity (Wildman–Crippen MR) is 348 cm³/mol. The van der Waals surface area contributed by atoms with Gasteiger partial charge in [0.25, 0.3) is 0 Å². The van der Waals surface area contributed by atoms with Crippen LogP contribution in [0.4, 0.5) is 0 Å². The van der Waals surface area contributed by atoms with Crippen molar-refractivity contribution in [3.63, 3.8) is 0 Å². The van der Waals surface area contributed by atoms with Gasteiger partial charge in [-0.25, -0.2) is 0 Å². The first-order valence-electron chi connectivity index (χ1n) is 33.9. The van der Waals surface area contributed by atoms with E-state index in [-0.39, 0.29) is 37.5 Å². The van der Waals surface area contributed by atoms with E-state index in [1.54, 1.807) is 0 Å². The van der Waals surface area contributed by atoms with Gasteiger partial charge < -0.3 is 14.2 Å². The molecular weight excluding hydrogens is 985 g/mol. The van der Waals surface area contributed by atoms with Crippen molar-refractivity contribution in [1.29, 1.82) is 0 Å². The maximum absolute atomic E-state index is 12.9. The van der Waals surface area contributed by atoms with Gasteiger partial charge in [0.1, 0.15) is 13.2 Å². The summed E-state index contributed by atoms with van der Waals surface area (Å²) in [5.74, 6) is -0.971. The largest absolute Gasteiger partial charge is 0.462 e. The predicted octanol–water partition coefficient (Wildman–Crippen LogP) is 23.4. The SMILES string of the molecule is CC/C=C\C/C=C\C/C=C\C/C=C\C/C=C\CCCCCCCCCCCCCCCC(=O)OCC(COC(=O)CC/C=C\C/C=C\C/C=C\C/C=C\CC)OC(=O)CCCCCCCCCCCCCCCCCCCCCC. The topological polar surface area (TPSA) is 78.9 Å². The molecule has 1 atom stereocenters. The Hall–Kier alpha value is -3.93. The van der Waals surface area contributed by atoms with E-state index in [1.807, 2.05) is 6.08 Å². The summed E-state index contributed by atoms with van der Waals surface area (Å²) in [6.07, 6.45) is 92.7. The minimum absolute atomic E-state index is 0.0981. The molecule has 0 spiro atoms. The average molecular weight is 1110 g/mol. The van der Waals surface area contributed by atoms with E-state index in [2.05, 4.69) is 124 Å². The number of hydrogen-bond donors (Lipinski definition) is 0. The van der Waals surface area contributed by atoms with Crippen LogP contribution in [0.5, 0.6) is 0 Å². The van der Waals surface area contributed by atoms with Crippen molar-refractivity contribution in [2.45, 2.75) is 329 Å². The standard InChI is InChI=1S/C74H126O6/c1-4-7-10-13-16-19-22-25-27-29-31-33-34-35-36-37-38-39-40-41-43-44-46-49-52-55-58-61-64-67-73(76)79-70-71(69-78-72(75)66-63-60-57-54-51-48-24-21-18-15-12-9-6-3)80-74(77)68-65-62-59-56-53-50-47-45-42-32-30-28-26-23-20-17-14-11-8-5-2/h7,9-10,12,16,18-19,21,25,27,31,33,35-36,48,51,57,60,71H,4-6,8,11,13-15,17,20,22-24,26,28-30,32,34,37-47,49-50,52-56,58-59,61-70H2,1-3H3/b10-7-,12-9-,19-16-,21-18-,27-25-,33-31-,36-35-,51-48-,60-57-. The smallest absolute Gasteiger partial charge is 0.306 e. The lowest BCUT2D eigenvalue weighted by Gasteiger charge is -2.18. The molecule has 0 fully saturated rings. The summed E-state index contributed by atoms with van der Waals surface area (Å²) in [6, 6.07) is 0. The van der Waals surface area contributed by atoms with E-state index >= 15 is 0 Å². The van der Waals surface area contributed by atoms with Crippen molar-refractivity contribution < 1.29 is 28.6 Å². The molecule has 0 saturated carbocycles. The molecule has 0 bridgehead atoms. The zero-order chi connectivity index (χ0) is 57.8. The first-order chi connectivity index (χ1) is 39.5. The summed E-state index contributed by atoms with van der Waals surface area (Å²) in [6.45, 7) is 6.38. The van der Waals surface area contributed by atoms with Gasteiger partial charge >= 0.3 is 17.9 Å². The van der Waals surface area contributed by atoms with Gasteiger partial charge in [-0.2, -0.15) is 0 Å². The Balaban J connectivity index is 4.29. The Morgan fingerprint density at radius 3 is 0.838 bits per heavy atom. The van der Waals surface area contributed by atoms with Crippen molar-refractivity contribution in [2.24, 2.45) is 0 Å². The van der Waals surface area contributed by atoms with Crippen molar-refractivity contribution in [2.75, 3.05) is 13.2 Å². The summed E-state index contributed by atoms with van der Waals surface area (Å²) >= 11 is 0. The Bertz CT molecular complexity index is 1610. The number of allylic oxidation sites excluding steroid dienone is 18. The summed E-state index contributed by atoms with van der Waals surface area (Å²) in [7, 11) is 0. The molecular formula is C74H126O6. The van der Waals surface area contributed by atoms with Crippen LogP contribution in [0, 0.1) is 0 Å². The lowest BCUT2D eigenvalue weighted by Crippen LogP contribution is -2.30. The lowest BCUT2D eigenvalue weighted by atomic mass is 10.0. The number of esters is 3. The molecule has 0 aromatic carbocycles. The van der Waals surface area contributed by atoms with Crippen LogP contribution in [0.15, 0.2) is 109 Å². The molecule has 0 aliphatic rings. The van der Waals surface area contributed by atoms with Gasteiger partial charge in [0.15, 0.2) is 6.10 Å². The van der Waals surface area contributed by atoms with Crippen LogP contribution < -0.4 is 0 Å². The highest BCUT2D eigenvalue weighted by Crippen LogP contribution is 2.17. The second-order valence-electron chi connectivity index (χ2n) is 22.3. The van der Waals surface area contributed by atoms with Crippen LogP contribution in [-0.4, -0.2) is 37.2 Å². The third-order valence-corrected chi connectivity index (χ3v) is 14.5. The second kappa shape index (κ2) is 67.6. The fourth-order valence-electron chi connectivity index (χ4n) is 9.55. The number of carbonyl (C=O) groups excluding carboxylic acids is 3. The van der Waals surface area contributed by atoms with E-state index in [0.29, 0.717) is 19.3 Å². The van der Waals surface area contributed by atoms with E-state index in [1.165, 1.54) is 180 Å². The molecule has 458 valence electrons. The summed E-state index contributed by atoms with van der Waals surface area (Å²) in [5, 5.41) is 0. The molecule has 0 heterocycles. The Morgan fingerprint density at radius 2 is 0.512 bits per heavy atom. The normalized spacial score (nSPS) is 12.8. The maximum atomic E-state index is 12.9. The minimum atomic E-state index is -0.807. The van der Waals surface area contributed by atoms with Crippen molar-refractivity contribution in [3.05, 3.63) is 109 Å². The molecule has 0 rings (SSSR count). The van der Waals surface area contributed by atoms with Crippen LogP contribution in [0.2, 0.25) is 0 Å². The quantitative estimate of drug-likeness (QED) is 0.0261. The average Bonchev–Trinajstić information content (AvgIpc) is 3.46. The molecule has 0 aliphatic heterocycles. The van der Waals surface area contributed by atoms with Gasteiger partial charge in [-0.05, 0) is 89.9 Å². The molecule has 0 saturated heterocycles. The Labute approximate surface area is 495 Å². The molecule has 6 nitrogen and oxygen atoms in total. The molecule has 1 unspecified atom stereocenters. The first kappa shape index (κ1) is 76.1. The van der Waals surface area contributed by atoms with Crippen molar-refractivity contribution in [3.8, 4) is 0 Å². The van der Waals surface area contributed by atoms with Gasteiger partial charge in [-0.15, -0.1) is 0 Å². The van der Waals surface area contributed by atoms with Gasteiger partial charge in [-0.1, -0.05) is 323 Å². The maximum Gasteiger partial charge on any atom is 0.306 e. The number of hydrogen-bond acceptors (Lipinski definition) is 6. The molecule has 0 aromatic rings. The number of ether oxygens (including phenoxy) is 3. The molecule has 80 heavy (non-hydrogen) atoms. The van der Waals surface area contributed by atoms with Crippen molar-refractivity contribution >= 4 is 17.9 Å². The second-order valence-corrected chi connectivity index (χ2v) is 22.3. The lowest BCUT2D eigenvalue weighted by molar-refractivity contribution is -0.166. The monoisotopic (exact) mass is 1110 g/mol. The van der Waals surface area contributed by atoms with Crippen LogP contribution in [0.3, 0.4) is 0 Å². The van der Waals surface area contributed by atoms with Crippen LogP contribution in [0.1, 0.15) is 323 Å². The summed E-state index contributed by atoms with van der Waals surface area (Å²) < 4.78 is 16.9.